The molecule has 4 rings (SSSR count). The SMILES string of the molecule is Cc1cc(-c2ccc(NC(=O)N3[C@H](C)C3(C)C)c(C)c2)ccc1NC(=O)N1[C@@H](C)C1(C)C. The molecule has 2 aliphatic rings. The van der Waals surface area contributed by atoms with E-state index in [2.05, 4.69) is 64.3 Å². The number of nitrogens with zero attached hydrogens (tertiary/aromatic N) is 2. The Morgan fingerprint density at radius 3 is 1.28 bits per heavy atom. The van der Waals surface area contributed by atoms with Gasteiger partial charge in [0, 0.05) is 11.4 Å². The molecule has 0 bridgehead atoms. The van der Waals surface area contributed by atoms with Gasteiger partial charge in [0.05, 0.1) is 23.2 Å². The van der Waals surface area contributed by atoms with E-state index in [1.165, 1.54) is 0 Å². The minimum Gasteiger partial charge on any atom is -0.312 e. The van der Waals surface area contributed by atoms with E-state index >= 15 is 0 Å². The Morgan fingerprint density at radius 2 is 1.03 bits per heavy atom. The largest absolute Gasteiger partial charge is 0.322 e. The van der Waals surface area contributed by atoms with E-state index in [9.17, 15) is 9.59 Å². The third-order valence-corrected chi connectivity index (χ3v) is 7.63. The van der Waals surface area contributed by atoms with Crippen LogP contribution < -0.4 is 10.6 Å². The maximum absolute atomic E-state index is 12.6. The van der Waals surface area contributed by atoms with Crippen molar-refractivity contribution in [2.24, 2.45) is 0 Å². The summed E-state index contributed by atoms with van der Waals surface area (Å²) < 4.78 is 0. The van der Waals surface area contributed by atoms with E-state index in [1.807, 2.05) is 47.9 Å². The number of anilines is 2. The number of aryl methyl sites for hydroxylation is 2. The van der Waals surface area contributed by atoms with Crippen molar-refractivity contribution in [3.8, 4) is 11.1 Å². The number of hydrogen-bond donors (Lipinski definition) is 2. The molecule has 2 atom stereocenters. The summed E-state index contributed by atoms with van der Waals surface area (Å²) in [7, 11) is 0. The minimum absolute atomic E-state index is 0.0572. The van der Waals surface area contributed by atoms with Crippen LogP contribution in [-0.4, -0.2) is 45.0 Å². The van der Waals surface area contributed by atoms with Gasteiger partial charge in [-0.25, -0.2) is 9.59 Å². The Hall–Kier alpha value is -3.02. The zero-order valence-electron chi connectivity index (χ0n) is 20.3. The van der Waals surface area contributed by atoms with Crippen LogP contribution in [0.15, 0.2) is 36.4 Å². The first-order valence-electron chi connectivity index (χ1n) is 11.3. The predicted molar refractivity (Wildman–Crippen MR) is 130 cm³/mol. The lowest BCUT2D eigenvalue weighted by Gasteiger charge is -2.15. The Labute approximate surface area is 191 Å². The normalized spacial score (nSPS) is 22.4. The molecular formula is C26H34N4O2. The molecule has 2 aromatic carbocycles. The lowest BCUT2D eigenvalue weighted by atomic mass is 10.00. The zero-order chi connectivity index (χ0) is 23.6. The van der Waals surface area contributed by atoms with Crippen LogP contribution in [0.25, 0.3) is 11.1 Å². The van der Waals surface area contributed by atoms with Crippen LogP contribution in [-0.2, 0) is 0 Å². The highest BCUT2D eigenvalue weighted by molar-refractivity contribution is 5.94. The van der Waals surface area contributed by atoms with Crippen LogP contribution in [0, 0.1) is 13.8 Å². The van der Waals surface area contributed by atoms with Crippen molar-refractivity contribution < 1.29 is 9.59 Å². The van der Waals surface area contributed by atoms with Gasteiger partial charge >= 0.3 is 12.1 Å². The second-order valence-corrected chi connectivity index (χ2v) is 10.3. The van der Waals surface area contributed by atoms with E-state index in [1.54, 1.807) is 0 Å². The molecule has 2 N–H and O–H groups in total. The summed E-state index contributed by atoms with van der Waals surface area (Å²) in [5, 5.41) is 6.08. The van der Waals surface area contributed by atoms with Crippen LogP contribution >= 0.6 is 0 Å². The van der Waals surface area contributed by atoms with Gasteiger partial charge in [0.1, 0.15) is 0 Å². The fourth-order valence-electron chi connectivity index (χ4n) is 4.56. The number of benzene rings is 2. The molecule has 32 heavy (non-hydrogen) atoms. The molecule has 4 amide bonds. The highest BCUT2D eigenvalue weighted by atomic mass is 16.2. The summed E-state index contributed by atoms with van der Waals surface area (Å²) in [5.74, 6) is 0. The van der Waals surface area contributed by atoms with E-state index in [-0.39, 0.29) is 35.2 Å². The van der Waals surface area contributed by atoms with Crippen molar-refractivity contribution >= 4 is 23.4 Å². The zero-order valence-corrected chi connectivity index (χ0v) is 20.3. The minimum atomic E-state index is -0.0864. The number of amides is 4. The maximum atomic E-state index is 12.6. The van der Waals surface area contributed by atoms with Gasteiger partial charge in [-0.1, -0.05) is 12.1 Å². The summed E-state index contributed by atoms with van der Waals surface area (Å²) >= 11 is 0. The fraction of sp³-hybridized carbons (Fsp3) is 0.462. The van der Waals surface area contributed by atoms with Gasteiger partial charge in [-0.05, 0) is 102 Å². The highest BCUT2D eigenvalue weighted by Gasteiger charge is 2.56. The van der Waals surface area contributed by atoms with Crippen LogP contribution in [0.1, 0.15) is 52.7 Å². The van der Waals surface area contributed by atoms with Gasteiger partial charge in [0.15, 0.2) is 0 Å². The van der Waals surface area contributed by atoms with Gasteiger partial charge in [0.2, 0.25) is 0 Å². The van der Waals surface area contributed by atoms with Crippen molar-refractivity contribution in [2.45, 2.75) is 78.6 Å². The van der Waals surface area contributed by atoms with Crippen LogP contribution in [0.2, 0.25) is 0 Å². The van der Waals surface area contributed by atoms with Crippen molar-refractivity contribution in [2.75, 3.05) is 10.6 Å². The number of hydrogen-bond acceptors (Lipinski definition) is 2. The first-order chi connectivity index (χ1) is 14.9. The van der Waals surface area contributed by atoms with Crippen LogP contribution in [0.5, 0.6) is 0 Å². The number of rotatable bonds is 3. The molecule has 0 aliphatic carbocycles. The van der Waals surface area contributed by atoms with Crippen molar-refractivity contribution in [3.63, 3.8) is 0 Å². The van der Waals surface area contributed by atoms with Gasteiger partial charge in [-0.15, -0.1) is 0 Å². The summed E-state index contributed by atoms with van der Waals surface area (Å²) in [5.41, 5.74) is 5.64. The van der Waals surface area contributed by atoms with E-state index < -0.39 is 0 Å². The summed E-state index contributed by atoms with van der Waals surface area (Å²) in [4.78, 5) is 28.9. The molecule has 2 saturated heterocycles. The van der Waals surface area contributed by atoms with Gasteiger partial charge in [-0.3, -0.25) is 0 Å². The van der Waals surface area contributed by atoms with Crippen molar-refractivity contribution in [3.05, 3.63) is 47.5 Å². The van der Waals surface area contributed by atoms with Crippen molar-refractivity contribution in [1.82, 2.24) is 9.80 Å². The predicted octanol–water partition coefficient (Wildman–Crippen LogP) is 6.00. The standard InChI is InChI=1S/C26H34N4O2/c1-15-13-19(9-11-21(15)27-23(31)29-17(3)25(29,5)6)20-10-12-22(16(2)14-20)28-24(32)30-18(4)26(30,7)8/h9-14,17-18H,1-8H3,(H,27,31)(H,28,32)/t17-,18+,29?,30?. The Bertz CT molecular complexity index is 1020. The molecule has 0 unspecified atom stereocenters. The molecule has 0 radical (unpaired) electrons. The average molecular weight is 435 g/mol. The van der Waals surface area contributed by atoms with E-state index in [0.717, 1.165) is 33.6 Å². The molecule has 2 fully saturated rings. The van der Waals surface area contributed by atoms with Gasteiger partial charge < -0.3 is 20.4 Å². The molecule has 0 spiro atoms. The molecule has 2 aromatic rings. The summed E-state index contributed by atoms with van der Waals surface area (Å²) in [6, 6.07) is 12.5. The monoisotopic (exact) mass is 434 g/mol. The first kappa shape index (κ1) is 22.2. The number of urea groups is 2. The maximum Gasteiger partial charge on any atom is 0.322 e. The summed E-state index contributed by atoms with van der Waals surface area (Å²) in [6.45, 7) is 16.4. The molecule has 170 valence electrons. The Morgan fingerprint density at radius 1 is 0.719 bits per heavy atom. The number of carbonyl (C=O) groups is 2. The lowest BCUT2D eigenvalue weighted by Crippen LogP contribution is -2.24. The average Bonchev–Trinajstić information content (AvgIpc) is 3.43. The molecule has 0 saturated carbocycles. The molecule has 0 aromatic heterocycles. The first-order valence-corrected chi connectivity index (χ1v) is 11.3. The second kappa shape index (κ2) is 7.26. The third-order valence-electron chi connectivity index (χ3n) is 7.63. The van der Waals surface area contributed by atoms with Crippen LogP contribution in [0.4, 0.5) is 21.0 Å². The molecule has 6 nitrogen and oxygen atoms in total. The number of nitrogens with one attached hydrogen (secondary N) is 2. The topological polar surface area (TPSA) is 64.2 Å². The van der Waals surface area contributed by atoms with Crippen molar-refractivity contribution in [1.29, 1.82) is 0 Å². The number of carbonyl (C=O) groups excluding carboxylic acids is 2. The Balaban J connectivity index is 1.46. The van der Waals surface area contributed by atoms with Gasteiger partial charge in [0.25, 0.3) is 0 Å². The summed E-state index contributed by atoms with van der Waals surface area (Å²) in [6.07, 6.45) is 0. The second-order valence-electron chi connectivity index (χ2n) is 10.3. The van der Waals surface area contributed by atoms with E-state index in [0.29, 0.717) is 0 Å². The molecular weight excluding hydrogens is 400 g/mol. The van der Waals surface area contributed by atoms with Crippen LogP contribution in [0.3, 0.4) is 0 Å². The third kappa shape index (κ3) is 3.61. The molecule has 2 heterocycles. The fourth-order valence-corrected chi connectivity index (χ4v) is 4.56. The smallest absolute Gasteiger partial charge is 0.312 e. The Kier molecular flexibility index (Phi) is 5.03. The molecule has 2 aliphatic heterocycles. The molecule has 6 heteroatoms. The van der Waals surface area contributed by atoms with Gasteiger partial charge in [-0.2, -0.15) is 0 Å². The lowest BCUT2D eigenvalue weighted by molar-refractivity contribution is 0.234. The van der Waals surface area contributed by atoms with E-state index in [4.69, 9.17) is 0 Å². The highest BCUT2D eigenvalue weighted by Crippen LogP contribution is 2.41. The quantitative estimate of drug-likeness (QED) is 0.582.